The molecule has 1 atom stereocenters. The van der Waals surface area contributed by atoms with Gasteiger partial charge in [0.25, 0.3) is 0 Å². The van der Waals surface area contributed by atoms with Crippen LogP contribution in [0.2, 0.25) is 0 Å². The highest BCUT2D eigenvalue weighted by Gasteiger charge is 2.30. The maximum atomic E-state index is 12.1. The van der Waals surface area contributed by atoms with Crippen molar-refractivity contribution in [3.05, 3.63) is 11.1 Å². The van der Waals surface area contributed by atoms with Gasteiger partial charge < -0.3 is 14.7 Å². The Balaban J connectivity index is 1.58. The van der Waals surface area contributed by atoms with Crippen molar-refractivity contribution in [2.45, 2.75) is 24.9 Å². The van der Waals surface area contributed by atoms with Gasteiger partial charge in [-0.15, -0.1) is 11.3 Å². The number of amides is 2. The third-order valence-electron chi connectivity index (χ3n) is 3.36. The quantitative estimate of drug-likeness (QED) is 0.878. The molecule has 1 aromatic rings. The smallest absolute Gasteiger partial charge is 0.334 e. The number of thiazole rings is 1. The zero-order valence-electron chi connectivity index (χ0n) is 10.7. The maximum Gasteiger partial charge on any atom is 0.334 e. The number of anilines is 1. The average Bonchev–Trinajstić information content (AvgIpc) is 3.20. The lowest BCUT2D eigenvalue weighted by atomic mass is 10.3. The topological polar surface area (TPSA) is 91.8 Å². The molecule has 2 aliphatic rings. The van der Waals surface area contributed by atoms with Crippen molar-refractivity contribution in [2.24, 2.45) is 0 Å². The van der Waals surface area contributed by atoms with E-state index in [4.69, 9.17) is 9.84 Å². The fourth-order valence-electron chi connectivity index (χ4n) is 2.06. The summed E-state index contributed by atoms with van der Waals surface area (Å²) in [5, 5.41) is 14.2. The molecule has 1 unspecified atom stereocenters. The summed E-state index contributed by atoms with van der Waals surface area (Å²) in [5.41, 5.74) is 1.04. The first kappa shape index (κ1) is 13.3. The summed E-state index contributed by atoms with van der Waals surface area (Å²) in [5.74, 6) is -0.496. The molecule has 2 fully saturated rings. The number of carboxylic acid groups (broad SMARTS) is 1. The Labute approximate surface area is 119 Å². The van der Waals surface area contributed by atoms with E-state index in [2.05, 4.69) is 10.3 Å². The van der Waals surface area contributed by atoms with E-state index in [1.54, 1.807) is 0 Å². The van der Waals surface area contributed by atoms with Gasteiger partial charge in [-0.1, -0.05) is 0 Å². The molecule has 0 aromatic carbocycles. The van der Waals surface area contributed by atoms with Crippen molar-refractivity contribution in [3.8, 4) is 0 Å². The van der Waals surface area contributed by atoms with Crippen LogP contribution in [0.1, 0.15) is 24.5 Å². The number of nitrogens with one attached hydrogen (secondary N) is 1. The van der Waals surface area contributed by atoms with Gasteiger partial charge in [-0.25, -0.2) is 14.6 Å². The van der Waals surface area contributed by atoms with E-state index < -0.39 is 12.1 Å². The second-order valence-corrected chi connectivity index (χ2v) is 5.78. The molecular weight excluding hydrogens is 282 g/mol. The number of carbonyl (C=O) groups is 2. The van der Waals surface area contributed by atoms with Crippen molar-refractivity contribution in [2.75, 3.05) is 25.0 Å². The number of urea groups is 1. The molecule has 1 aliphatic heterocycles. The predicted molar refractivity (Wildman–Crippen MR) is 72.1 cm³/mol. The Bertz CT molecular complexity index is 529. The predicted octanol–water partition coefficient (Wildman–Crippen LogP) is 1.34. The van der Waals surface area contributed by atoms with Crippen LogP contribution in [0.4, 0.5) is 9.93 Å². The monoisotopic (exact) mass is 297 g/mol. The van der Waals surface area contributed by atoms with Crippen LogP contribution in [0.15, 0.2) is 5.38 Å². The Hall–Kier alpha value is -1.67. The molecule has 0 spiro atoms. The highest BCUT2D eigenvalue weighted by Crippen LogP contribution is 2.40. The second-order valence-electron chi connectivity index (χ2n) is 4.93. The van der Waals surface area contributed by atoms with Gasteiger partial charge in [0, 0.05) is 17.8 Å². The van der Waals surface area contributed by atoms with E-state index in [1.807, 2.05) is 5.38 Å². The third kappa shape index (κ3) is 2.91. The molecule has 1 aliphatic carbocycles. The summed E-state index contributed by atoms with van der Waals surface area (Å²) in [6.07, 6.45) is 1.38. The molecular formula is C12H15N3O4S. The van der Waals surface area contributed by atoms with Crippen molar-refractivity contribution in [1.82, 2.24) is 9.88 Å². The first-order valence-corrected chi connectivity index (χ1v) is 7.37. The highest BCUT2D eigenvalue weighted by atomic mass is 32.1. The molecule has 2 amide bonds. The normalized spacial score (nSPS) is 22.6. The average molecular weight is 297 g/mol. The van der Waals surface area contributed by atoms with Gasteiger partial charge in [-0.05, 0) is 12.8 Å². The van der Waals surface area contributed by atoms with Crippen LogP contribution in [0.5, 0.6) is 0 Å². The van der Waals surface area contributed by atoms with Gasteiger partial charge in [0.05, 0.1) is 18.8 Å². The van der Waals surface area contributed by atoms with Gasteiger partial charge in [-0.2, -0.15) is 0 Å². The van der Waals surface area contributed by atoms with Gasteiger partial charge >= 0.3 is 12.0 Å². The van der Waals surface area contributed by atoms with Crippen LogP contribution in [0.3, 0.4) is 0 Å². The van der Waals surface area contributed by atoms with Crippen LogP contribution < -0.4 is 5.32 Å². The molecule has 1 saturated carbocycles. The summed E-state index contributed by atoms with van der Waals surface area (Å²) in [6, 6.07) is -0.323. The van der Waals surface area contributed by atoms with Crippen molar-refractivity contribution < 1.29 is 19.4 Å². The van der Waals surface area contributed by atoms with E-state index >= 15 is 0 Å². The van der Waals surface area contributed by atoms with Crippen LogP contribution in [0.25, 0.3) is 0 Å². The summed E-state index contributed by atoms with van der Waals surface area (Å²) >= 11 is 1.40. The molecule has 1 aromatic heterocycles. The summed E-state index contributed by atoms with van der Waals surface area (Å²) < 4.78 is 5.08. The number of ether oxygens (including phenoxy) is 1. The van der Waals surface area contributed by atoms with E-state index in [-0.39, 0.29) is 19.2 Å². The standard InChI is InChI=1S/C12H15N3O4S/c16-10(17)9-5-15(3-4-19-9)12(18)14-11-13-8(6-20-11)7-1-2-7/h6-7,9H,1-5H2,(H,16,17)(H,13,14,18). The number of aliphatic carboxylic acids is 1. The molecule has 2 N–H and O–H groups in total. The number of carboxylic acids is 1. The summed E-state index contributed by atoms with van der Waals surface area (Å²) in [6.45, 7) is 0.675. The summed E-state index contributed by atoms with van der Waals surface area (Å²) in [7, 11) is 0. The van der Waals surface area contributed by atoms with Crippen molar-refractivity contribution >= 4 is 28.5 Å². The molecule has 1 saturated heterocycles. The number of aromatic nitrogens is 1. The van der Waals surface area contributed by atoms with Crippen LogP contribution >= 0.6 is 11.3 Å². The van der Waals surface area contributed by atoms with Gasteiger partial charge in [-0.3, -0.25) is 5.32 Å². The number of rotatable bonds is 3. The molecule has 108 valence electrons. The van der Waals surface area contributed by atoms with Crippen molar-refractivity contribution in [3.63, 3.8) is 0 Å². The molecule has 3 rings (SSSR count). The molecule has 20 heavy (non-hydrogen) atoms. The Morgan fingerprint density at radius 3 is 3.00 bits per heavy atom. The molecule has 0 bridgehead atoms. The molecule has 2 heterocycles. The van der Waals surface area contributed by atoms with E-state index in [1.165, 1.54) is 29.1 Å². The van der Waals surface area contributed by atoms with Crippen LogP contribution in [-0.2, 0) is 9.53 Å². The van der Waals surface area contributed by atoms with Crippen LogP contribution in [-0.4, -0.2) is 52.8 Å². The minimum atomic E-state index is -1.05. The SMILES string of the molecule is O=C(O)C1CN(C(=O)Nc2nc(C3CC3)cs2)CCO1. The number of hydrogen-bond donors (Lipinski definition) is 2. The largest absolute Gasteiger partial charge is 0.479 e. The van der Waals surface area contributed by atoms with E-state index in [9.17, 15) is 9.59 Å². The van der Waals surface area contributed by atoms with Crippen LogP contribution in [0, 0.1) is 0 Å². The van der Waals surface area contributed by atoms with Gasteiger partial charge in [0.1, 0.15) is 0 Å². The second kappa shape index (κ2) is 5.37. The zero-order chi connectivity index (χ0) is 14.1. The minimum Gasteiger partial charge on any atom is -0.479 e. The zero-order valence-corrected chi connectivity index (χ0v) is 11.6. The number of hydrogen-bond acceptors (Lipinski definition) is 5. The molecule has 7 nitrogen and oxygen atoms in total. The number of morpholine rings is 1. The molecule has 8 heteroatoms. The third-order valence-corrected chi connectivity index (χ3v) is 4.14. The van der Waals surface area contributed by atoms with Crippen molar-refractivity contribution in [1.29, 1.82) is 0 Å². The number of carbonyl (C=O) groups excluding carboxylic acids is 1. The molecule has 0 radical (unpaired) electrons. The Morgan fingerprint density at radius 1 is 1.50 bits per heavy atom. The Kier molecular flexibility index (Phi) is 3.58. The van der Waals surface area contributed by atoms with E-state index in [0.29, 0.717) is 17.6 Å². The van der Waals surface area contributed by atoms with Gasteiger partial charge in [0.15, 0.2) is 11.2 Å². The first-order chi connectivity index (χ1) is 9.63. The Morgan fingerprint density at radius 2 is 2.30 bits per heavy atom. The fraction of sp³-hybridized carbons (Fsp3) is 0.583. The van der Waals surface area contributed by atoms with E-state index in [0.717, 1.165) is 5.69 Å². The lowest BCUT2D eigenvalue weighted by Crippen LogP contribution is -2.49. The fourth-order valence-corrected chi connectivity index (χ4v) is 2.85. The lowest BCUT2D eigenvalue weighted by molar-refractivity contribution is -0.154. The minimum absolute atomic E-state index is 0.0576. The lowest BCUT2D eigenvalue weighted by Gasteiger charge is -2.30. The first-order valence-electron chi connectivity index (χ1n) is 6.49. The number of nitrogens with zero attached hydrogens (tertiary/aromatic N) is 2. The summed E-state index contributed by atoms with van der Waals surface area (Å²) in [4.78, 5) is 28.8. The highest BCUT2D eigenvalue weighted by molar-refractivity contribution is 7.13. The van der Waals surface area contributed by atoms with Gasteiger partial charge in [0.2, 0.25) is 0 Å². The maximum absolute atomic E-state index is 12.1.